The van der Waals surface area contributed by atoms with E-state index in [4.69, 9.17) is 0 Å². The van der Waals surface area contributed by atoms with Crippen molar-refractivity contribution in [3.63, 3.8) is 0 Å². The van der Waals surface area contributed by atoms with Crippen LogP contribution in [0.3, 0.4) is 0 Å². The summed E-state index contributed by atoms with van der Waals surface area (Å²) in [5.41, 5.74) is 0. The highest BCUT2D eigenvalue weighted by Crippen LogP contribution is 2.13. The highest BCUT2D eigenvalue weighted by molar-refractivity contribution is 5.83. The Balaban J connectivity index is 2.30. The van der Waals surface area contributed by atoms with E-state index in [0.717, 1.165) is 25.9 Å². The van der Waals surface area contributed by atoms with Crippen LogP contribution in [0.5, 0.6) is 0 Å². The quantitative estimate of drug-likeness (QED) is 0.718. The molecule has 0 atom stereocenters. The van der Waals surface area contributed by atoms with Gasteiger partial charge in [-0.1, -0.05) is 0 Å². The normalized spacial score (nSPS) is 17.6. The Morgan fingerprint density at radius 1 is 1.31 bits per heavy atom. The van der Waals surface area contributed by atoms with E-state index >= 15 is 0 Å². The largest absolute Gasteiger partial charge is 0.347 e. The number of hydrogen-bond acceptors (Lipinski definition) is 3. The second-order valence-electron chi connectivity index (χ2n) is 4.49. The predicted molar refractivity (Wildman–Crippen MR) is 62.0 cm³/mol. The minimum absolute atomic E-state index is 0.0207. The van der Waals surface area contributed by atoms with Crippen molar-refractivity contribution < 1.29 is 9.59 Å². The van der Waals surface area contributed by atoms with E-state index in [1.807, 2.05) is 4.90 Å². The van der Waals surface area contributed by atoms with Gasteiger partial charge in [-0.25, -0.2) is 0 Å². The van der Waals surface area contributed by atoms with E-state index in [1.54, 1.807) is 0 Å². The highest BCUT2D eigenvalue weighted by Gasteiger charge is 2.23. The van der Waals surface area contributed by atoms with Gasteiger partial charge in [0, 0.05) is 26.1 Å². The molecule has 0 bridgehead atoms. The molecule has 0 aromatic heterocycles. The first-order valence-electron chi connectivity index (χ1n) is 5.69. The first kappa shape index (κ1) is 13.0. The van der Waals surface area contributed by atoms with Crippen molar-refractivity contribution in [3.05, 3.63) is 0 Å². The molecule has 1 saturated heterocycles. The smallest absolute Gasteiger partial charge is 0.241 e. The van der Waals surface area contributed by atoms with Gasteiger partial charge >= 0.3 is 0 Å². The van der Waals surface area contributed by atoms with Crippen molar-refractivity contribution in [3.8, 4) is 0 Å². The molecule has 1 fully saturated rings. The number of amides is 2. The molecule has 0 radical (unpaired) electrons. The lowest BCUT2D eigenvalue weighted by Crippen LogP contribution is -2.47. The molecule has 0 aromatic carbocycles. The van der Waals surface area contributed by atoms with E-state index in [9.17, 15) is 9.59 Å². The molecule has 1 aliphatic heterocycles. The number of rotatable bonds is 3. The average Bonchev–Trinajstić information content (AvgIpc) is 2.26. The fraction of sp³-hybridized carbons (Fsp3) is 0.818. The standard InChI is InChI=1S/C11H21N3O2/c1-9(15)12-8-11(16)14-6-4-10(5-7-14)13(2)3/h10H,4-8H2,1-3H3,(H,12,15). The van der Waals surface area contributed by atoms with Gasteiger partial charge in [0.15, 0.2) is 0 Å². The Morgan fingerprint density at radius 3 is 2.31 bits per heavy atom. The second-order valence-corrected chi connectivity index (χ2v) is 4.49. The van der Waals surface area contributed by atoms with Crippen LogP contribution in [0.15, 0.2) is 0 Å². The number of nitrogens with one attached hydrogen (secondary N) is 1. The fourth-order valence-corrected chi connectivity index (χ4v) is 1.94. The summed E-state index contributed by atoms with van der Waals surface area (Å²) in [5, 5.41) is 2.54. The maximum atomic E-state index is 11.7. The summed E-state index contributed by atoms with van der Waals surface area (Å²) in [4.78, 5) is 26.4. The van der Waals surface area contributed by atoms with Gasteiger partial charge in [-0.2, -0.15) is 0 Å². The van der Waals surface area contributed by atoms with Crippen LogP contribution >= 0.6 is 0 Å². The molecule has 1 rings (SSSR count). The number of carbonyl (C=O) groups is 2. The predicted octanol–water partition coefficient (Wildman–Crippen LogP) is -0.325. The van der Waals surface area contributed by atoms with Crippen molar-refractivity contribution >= 4 is 11.8 Å². The van der Waals surface area contributed by atoms with Gasteiger partial charge < -0.3 is 15.1 Å². The van der Waals surface area contributed by atoms with Crippen molar-refractivity contribution in [1.29, 1.82) is 0 Å². The van der Waals surface area contributed by atoms with Crippen LogP contribution in [0.4, 0.5) is 0 Å². The SMILES string of the molecule is CC(=O)NCC(=O)N1CCC(N(C)C)CC1. The summed E-state index contributed by atoms with van der Waals surface area (Å²) < 4.78 is 0. The van der Waals surface area contributed by atoms with Gasteiger partial charge in [0.25, 0.3) is 0 Å². The zero-order valence-corrected chi connectivity index (χ0v) is 10.3. The zero-order chi connectivity index (χ0) is 12.1. The van der Waals surface area contributed by atoms with Crippen LogP contribution in [0.2, 0.25) is 0 Å². The molecular weight excluding hydrogens is 206 g/mol. The topological polar surface area (TPSA) is 52.7 Å². The third-order valence-electron chi connectivity index (χ3n) is 3.04. The number of carbonyl (C=O) groups excluding carboxylic acids is 2. The average molecular weight is 227 g/mol. The van der Waals surface area contributed by atoms with Crippen molar-refractivity contribution in [2.24, 2.45) is 0 Å². The van der Waals surface area contributed by atoms with Gasteiger partial charge in [-0.15, -0.1) is 0 Å². The Kier molecular flexibility index (Phi) is 4.73. The summed E-state index contributed by atoms with van der Waals surface area (Å²) in [5.74, 6) is -0.135. The molecule has 5 nitrogen and oxygen atoms in total. The van der Waals surface area contributed by atoms with Crippen LogP contribution in [0.25, 0.3) is 0 Å². The molecule has 1 heterocycles. The van der Waals surface area contributed by atoms with Crippen LogP contribution in [-0.4, -0.2) is 61.4 Å². The molecule has 2 amide bonds. The molecule has 5 heteroatoms. The number of likely N-dealkylation sites (tertiary alicyclic amines) is 1. The lowest BCUT2D eigenvalue weighted by molar-refractivity contribution is -0.133. The Hall–Kier alpha value is -1.10. The molecule has 0 aliphatic carbocycles. The van der Waals surface area contributed by atoms with Crippen LogP contribution in [0, 0.1) is 0 Å². The van der Waals surface area contributed by atoms with E-state index in [0.29, 0.717) is 6.04 Å². The van der Waals surface area contributed by atoms with Crippen LogP contribution < -0.4 is 5.32 Å². The molecule has 16 heavy (non-hydrogen) atoms. The monoisotopic (exact) mass is 227 g/mol. The van der Waals surface area contributed by atoms with E-state index in [-0.39, 0.29) is 18.4 Å². The van der Waals surface area contributed by atoms with Crippen molar-refractivity contribution in [2.45, 2.75) is 25.8 Å². The van der Waals surface area contributed by atoms with Gasteiger partial charge in [0.1, 0.15) is 0 Å². The molecular formula is C11H21N3O2. The first-order valence-corrected chi connectivity index (χ1v) is 5.69. The van der Waals surface area contributed by atoms with Crippen molar-refractivity contribution in [1.82, 2.24) is 15.1 Å². The number of nitrogens with zero attached hydrogens (tertiary/aromatic N) is 2. The number of hydrogen-bond donors (Lipinski definition) is 1. The molecule has 92 valence electrons. The molecule has 1 N–H and O–H groups in total. The highest BCUT2D eigenvalue weighted by atomic mass is 16.2. The summed E-state index contributed by atoms with van der Waals surface area (Å²) in [6, 6.07) is 0.574. The third-order valence-corrected chi connectivity index (χ3v) is 3.04. The minimum atomic E-state index is -0.156. The van der Waals surface area contributed by atoms with Crippen molar-refractivity contribution in [2.75, 3.05) is 33.7 Å². The number of piperidine rings is 1. The van der Waals surface area contributed by atoms with Crippen LogP contribution in [-0.2, 0) is 9.59 Å². The molecule has 0 aromatic rings. The summed E-state index contributed by atoms with van der Waals surface area (Å²) in [6.45, 7) is 3.13. The van der Waals surface area contributed by atoms with Gasteiger partial charge in [0.05, 0.1) is 6.54 Å². The van der Waals surface area contributed by atoms with E-state index < -0.39 is 0 Å². The third kappa shape index (κ3) is 3.81. The van der Waals surface area contributed by atoms with Gasteiger partial charge in [-0.3, -0.25) is 9.59 Å². The molecule has 0 spiro atoms. The van der Waals surface area contributed by atoms with E-state index in [2.05, 4.69) is 24.3 Å². The van der Waals surface area contributed by atoms with E-state index in [1.165, 1.54) is 6.92 Å². The van der Waals surface area contributed by atoms with Gasteiger partial charge in [0.2, 0.25) is 11.8 Å². The second kappa shape index (κ2) is 5.84. The maximum Gasteiger partial charge on any atom is 0.241 e. The summed E-state index contributed by atoms with van der Waals surface area (Å²) in [7, 11) is 4.14. The van der Waals surface area contributed by atoms with Crippen LogP contribution in [0.1, 0.15) is 19.8 Å². The lowest BCUT2D eigenvalue weighted by Gasteiger charge is -2.35. The molecule has 0 saturated carbocycles. The van der Waals surface area contributed by atoms with Gasteiger partial charge in [-0.05, 0) is 26.9 Å². The maximum absolute atomic E-state index is 11.7. The Labute approximate surface area is 96.8 Å². The molecule has 1 aliphatic rings. The Morgan fingerprint density at radius 2 is 1.88 bits per heavy atom. The first-order chi connectivity index (χ1) is 7.50. The zero-order valence-electron chi connectivity index (χ0n) is 10.3. The Bertz CT molecular complexity index is 258. The summed E-state index contributed by atoms with van der Waals surface area (Å²) >= 11 is 0. The summed E-state index contributed by atoms with van der Waals surface area (Å²) in [6.07, 6.45) is 2.03. The lowest BCUT2D eigenvalue weighted by atomic mass is 10.0. The fourth-order valence-electron chi connectivity index (χ4n) is 1.94. The minimum Gasteiger partial charge on any atom is -0.347 e. The molecule has 0 unspecified atom stereocenters.